The molecule has 19 heavy (non-hydrogen) atoms. The number of pyridine rings is 1. The Balaban J connectivity index is 2.60. The predicted octanol–water partition coefficient (Wildman–Crippen LogP) is 0.742. The van der Waals surface area contributed by atoms with E-state index in [9.17, 15) is 8.42 Å². The molecule has 0 aromatic carbocycles. The van der Waals surface area contributed by atoms with Gasteiger partial charge in [-0.2, -0.15) is 0 Å². The minimum atomic E-state index is -3.47. The molecule has 0 unspecified atom stereocenters. The molecular formula is C12H22N4O2S. The Hall–Kier alpha value is -1.18. The zero-order valence-electron chi connectivity index (χ0n) is 11.8. The van der Waals surface area contributed by atoms with Crippen LogP contribution >= 0.6 is 0 Å². The Morgan fingerprint density at radius 1 is 1.37 bits per heavy atom. The molecule has 0 bridgehead atoms. The first kappa shape index (κ1) is 15.9. The van der Waals surface area contributed by atoms with Gasteiger partial charge in [-0.15, -0.1) is 0 Å². The van der Waals surface area contributed by atoms with Crippen molar-refractivity contribution in [2.75, 3.05) is 32.5 Å². The van der Waals surface area contributed by atoms with E-state index in [1.165, 1.54) is 12.3 Å². The van der Waals surface area contributed by atoms with E-state index in [1.807, 2.05) is 7.05 Å². The van der Waals surface area contributed by atoms with E-state index >= 15 is 0 Å². The van der Waals surface area contributed by atoms with Crippen molar-refractivity contribution in [1.82, 2.24) is 14.6 Å². The lowest BCUT2D eigenvalue weighted by Gasteiger charge is -2.20. The van der Waals surface area contributed by atoms with Crippen LogP contribution in [0.5, 0.6) is 0 Å². The number of hydrogen-bond acceptors (Lipinski definition) is 5. The number of likely N-dealkylation sites (N-methyl/N-ethyl adjacent to an activating group) is 1. The van der Waals surface area contributed by atoms with Gasteiger partial charge in [0.2, 0.25) is 10.0 Å². The normalized spacial score (nSPS) is 12.1. The smallest absolute Gasteiger partial charge is 0.242 e. The van der Waals surface area contributed by atoms with Gasteiger partial charge in [0.1, 0.15) is 10.7 Å². The molecule has 108 valence electrons. The average molecular weight is 286 g/mol. The van der Waals surface area contributed by atoms with Gasteiger partial charge >= 0.3 is 0 Å². The lowest BCUT2D eigenvalue weighted by atomic mass is 10.3. The summed E-state index contributed by atoms with van der Waals surface area (Å²) in [7, 11) is 0.220. The van der Waals surface area contributed by atoms with Crippen molar-refractivity contribution >= 4 is 15.8 Å². The molecule has 7 heteroatoms. The fraction of sp³-hybridized carbons (Fsp3) is 0.583. The van der Waals surface area contributed by atoms with Crippen molar-refractivity contribution in [1.29, 1.82) is 0 Å². The van der Waals surface area contributed by atoms with E-state index in [4.69, 9.17) is 0 Å². The first-order chi connectivity index (χ1) is 8.86. The fourth-order valence-electron chi connectivity index (χ4n) is 1.39. The van der Waals surface area contributed by atoms with Crippen LogP contribution in [-0.4, -0.2) is 51.5 Å². The second-order valence-corrected chi connectivity index (χ2v) is 6.37. The van der Waals surface area contributed by atoms with Crippen molar-refractivity contribution in [2.24, 2.45) is 0 Å². The standard InChI is InChI=1S/C12H22N4O2S/c1-10(2)16(4)8-7-15-19(17,18)11-5-6-12(13-3)14-9-11/h5-6,9-10,15H,7-8H2,1-4H3,(H,13,14). The van der Waals surface area contributed by atoms with Gasteiger partial charge < -0.3 is 10.2 Å². The SMILES string of the molecule is CNc1ccc(S(=O)(=O)NCCN(C)C(C)C)cn1. The zero-order valence-corrected chi connectivity index (χ0v) is 12.7. The average Bonchev–Trinajstić information content (AvgIpc) is 2.38. The van der Waals surface area contributed by atoms with Crippen LogP contribution in [0.4, 0.5) is 5.82 Å². The molecule has 0 saturated heterocycles. The van der Waals surface area contributed by atoms with Crippen LogP contribution in [0.1, 0.15) is 13.8 Å². The minimum absolute atomic E-state index is 0.179. The van der Waals surface area contributed by atoms with Gasteiger partial charge in [0.25, 0.3) is 0 Å². The highest BCUT2D eigenvalue weighted by Crippen LogP contribution is 2.09. The Kier molecular flexibility index (Phi) is 5.71. The van der Waals surface area contributed by atoms with Crippen molar-refractivity contribution in [3.05, 3.63) is 18.3 Å². The number of aromatic nitrogens is 1. The number of anilines is 1. The summed E-state index contributed by atoms with van der Waals surface area (Å²) < 4.78 is 26.6. The van der Waals surface area contributed by atoms with Crippen molar-refractivity contribution < 1.29 is 8.42 Å². The molecule has 0 amide bonds. The number of hydrogen-bond donors (Lipinski definition) is 2. The van der Waals surface area contributed by atoms with E-state index in [0.29, 0.717) is 24.9 Å². The summed E-state index contributed by atoms with van der Waals surface area (Å²) in [6.07, 6.45) is 1.35. The number of sulfonamides is 1. The largest absolute Gasteiger partial charge is 0.373 e. The van der Waals surface area contributed by atoms with Crippen molar-refractivity contribution in [3.8, 4) is 0 Å². The van der Waals surface area contributed by atoms with Crippen LogP contribution in [0, 0.1) is 0 Å². The van der Waals surface area contributed by atoms with Crippen LogP contribution in [0.15, 0.2) is 23.2 Å². The van der Waals surface area contributed by atoms with Gasteiger partial charge in [0.05, 0.1) is 0 Å². The molecule has 0 aliphatic heterocycles. The molecule has 0 fully saturated rings. The van der Waals surface area contributed by atoms with Gasteiger partial charge in [-0.3, -0.25) is 0 Å². The lowest BCUT2D eigenvalue weighted by molar-refractivity contribution is 0.278. The maximum Gasteiger partial charge on any atom is 0.242 e. The third kappa shape index (κ3) is 4.77. The molecule has 0 radical (unpaired) electrons. The van der Waals surface area contributed by atoms with Crippen LogP contribution < -0.4 is 10.0 Å². The first-order valence-electron chi connectivity index (χ1n) is 6.20. The van der Waals surface area contributed by atoms with Gasteiger partial charge in [0, 0.05) is 32.4 Å². The van der Waals surface area contributed by atoms with E-state index in [-0.39, 0.29) is 4.90 Å². The number of nitrogens with one attached hydrogen (secondary N) is 2. The summed E-state index contributed by atoms with van der Waals surface area (Å²) in [6, 6.07) is 3.56. The Morgan fingerprint density at radius 2 is 2.05 bits per heavy atom. The maximum atomic E-state index is 12.0. The molecule has 0 atom stereocenters. The maximum absolute atomic E-state index is 12.0. The molecule has 1 aromatic heterocycles. The second kappa shape index (κ2) is 6.83. The molecule has 0 aliphatic carbocycles. The van der Waals surface area contributed by atoms with Crippen molar-refractivity contribution in [2.45, 2.75) is 24.8 Å². The summed E-state index contributed by atoms with van der Waals surface area (Å²) in [6.45, 7) is 5.17. The highest BCUT2D eigenvalue weighted by atomic mass is 32.2. The van der Waals surface area contributed by atoms with E-state index in [0.717, 1.165) is 0 Å². The summed E-state index contributed by atoms with van der Waals surface area (Å²) in [4.78, 5) is 6.25. The van der Waals surface area contributed by atoms with Gasteiger partial charge in [-0.25, -0.2) is 18.1 Å². The second-order valence-electron chi connectivity index (χ2n) is 4.60. The van der Waals surface area contributed by atoms with Crippen LogP contribution in [-0.2, 0) is 10.0 Å². The van der Waals surface area contributed by atoms with E-state index in [2.05, 4.69) is 33.8 Å². The summed E-state index contributed by atoms with van der Waals surface area (Å²) in [5.74, 6) is 0.637. The Morgan fingerprint density at radius 3 is 2.53 bits per heavy atom. The molecule has 1 aromatic rings. The fourth-order valence-corrected chi connectivity index (χ4v) is 2.35. The number of nitrogens with zero attached hydrogens (tertiary/aromatic N) is 2. The molecule has 0 aliphatic rings. The highest BCUT2D eigenvalue weighted by molar-refractivity contribution is 7.89. The molecular weight excluding hydrogens is 264 g/mol. The van der Waals surface area contributed by atoms with Gasteiger partial charge in [-0.05, 0) is 33.0 Å². The number of rotatable bonds is 7. The molecule has 1 heterocycles. The van der Waals surface area contributed by atoms with Gasteiger partial charge in [0.15, 0.2) is 0 Å². The Bertz CT molecular complexity index is 485. The Labute approximate surface area is 115 Å². The van der Waals surface area contributed by atoms with Crippen LogP contribution in [0.2, 0.25) is 0 Å². The molecule has 2 N–H and O–H groups in total. The first-order valence-corrected chi connectivity index (χ1v) is 7.69. The molecule has 0 saturated carbocycles. The monoisotopic (exact) mass is 286 g/mol. The van der Waals surface area contributed by atoms with Crippen LogP contribution in [0.3, 0.4) is 0 Å². The zero-order chi connectivity index (χ0) is 14.5. The molecule has 1 rings (SSSR count). The highest BCUT2D eigenvalue weighted by Gasteiger charge is 2.14. The van der Waals surface area contributed by atoms with Gasteiger partial charge in [-0.1, -0.05) is 0 Å². The summed E-state index contributed by atoms with van der Waals surface area (Å²) in [5.41, 5.74) is 0. The van der Waals surface area contributed by atoms with Crippen molar-refractivity contribution in [3.63, 3.8) is 0 Å². The lowest BCUT2D eigenvalue weighted by Crippen LogP contribution is -2.36. The summed E-state index contributed by atoms with van der Waals surface area (Å²) in [5, 5.41) is 2.84. The minimum Gasteiger partial charge on any atom is -0.373 e. The third-order valence-corrected chi connectivity index (χ3v) is 4.39. The third-order valence-electron chi connectivity index (χ3n) is 2.94. The molecule has 0 spiro atoms. The van der Waals surface area contributed by atoms with E-state index < -0.39 is 10.0 Å². The predicted molar refractivity (Wildman–Crippen MR) is 76.7 cm³/mol. The topological polar surface area (TPSA) is 74.3 Å². The summed E-state index contributed by atoms with van der Waals surface area (Å²) >= 11 is 0. The quantitative estimate of drug-likeness (QED) is 0.773. The van der Waals surface area contributed by atoms with E-state index in [1.54, 1.807) is 13.1 Å². The van der Waals surface area contributed by atoms with Crippen LogP contribution in [0.25, 0.3) is 0 Å². The molecule has 6 nitrogen and oxygen atoms in total.